The van der Waals surface area contributed by atoms with Crippen LogP contribution in [0.4, 0.5) is 8.78 Å². The lowest BCUT2D eigenvalue weighted by Gasteiger charge is -2.05. The molecule has 1 aromatic rings. The molecule has 0 radical (unpaired) electrons. The van der Waals surface area contributed by atoms with Crippen LogP contribution < -0.4 is 0 Å². The highest BCUT2D eigenvalue weighted by molar-refractivity contribution is 5.15. The molecule has 0 bridgehead atoms. The van der Waals surface area contributed by atoms with Crippen LogP contribution in [0, 0.1) is 17.2 Å². The minimum absolute atomic E-state index is 0.105. The molecule has 0 aliphatic heterocycles. The summed E-state index contributed by atoms with van der Waals surface area (Å²) < 4.78 is 26.8. The monoisotopic (exact) mass is 226 g/mol. The molecule has 1 aliphatic carbocycles. The van der Waals surface area contributed by atoms with Gasteiger partial charge in [-0.2, -0.15) is 5.26 Å². The highest BCUT2D eigenvalue weighted by Gasteiger charge is 2.25. The summed E-state index contributed by atoms with van der Waals surface area (Å²) in [7, 11) is 0. The maximum absolute atomic E-state index is 12.8. The number of hydrogen-bond donors (Lipinski definition) is 0. The van der Waals surface area contributed by atoms with Crippen molar-refractivity contribution in [1.29, 1.82) is 5.26 Å². The van der Waals surface area contributed by atoms with Gasteiger partial charge in [-0.05, 0) is 12.3 Å². The van der Waals surface area contributed by atoms with E-state index in [2.05, 4.69) is 10.3 Å². The number of rotatable bonds is 5. The van der Waals surface area contributed by atoms with Gasteiger partial charge in [0.2, 0.25) is 0 Å². The molecule has 0 atom stereocenters. The van der Waals surface area contributed by atoms with E-state index in [9.17, 15) is 8.78 Å². The lowest BCUT2D eigenvalue weighted by molar-refractivity contribution is 0.137. The molecule has 0 N–H and O–H groups in total. The first kappa shape index (κ1) is 11.0. The number of aryl methyl sites for hydroxylation is 1. The highest BCUT2D eigenvalue weighted by Crippen LogP contribution is 2.33. The summed E-state index contributed by atoms with van der Waals surface area (Å²) >= 11 is 0. The maximum Gasteiger partial charge on any atom is 0.281 e. The molecule has 0 aromatic carbocycles. The molecule has 6 heteroatoms. The van der Waals surface area contributed by atoms with Crippen molar-refractivity contribution in [3.63, 3.8) is 0 Å². The summed E-state index contributed by atoms with van der Waals surface area (Å²) in [6.07, 6.45) is 0.517. The lowest BCUT2D eigenvalue weighted by Crippen LogP contribution is -2.07. The van der Waals surface area contributed by atoms with Crippen LogP contribution in [-0.4, -0.2) is 15.0 Å². The standard InChI is InChI=1S/C10H12F2N4/c11-10(12)9-8(3-5-13)14-15-16(9)6-4-7-1-2-7/h7,10H,1-4,6H2. The van der Waals surface area contributed by atoms with Crippen LogP contribution in [0.2, 0.25) is 0 Å². The Hall–Kier alpha value is -1.51. The van der Waals surface area contributed by atoms with Gasteiger partial charge in [0.05, 0.1) is 12.5 Å². The summed E-state index contributed by atoms with van der Waals surface area (Å²) in [5.41, 5.74) is -0.0875. The predicted octanol–water partition coefficient (Wildman–Crippen LogP) is 2.08. The Morgan fingerprint density at radius 2 is 2.25 bits per heavy atom. The Kier molecular flexibility index (Phi) is 3.13. The average Bonchev–Trinajstić information content (AvgIpc) is 2.98. The molecular weight excluding hydrogens is 214 g/mol. The highest BCUT2D eigenvalue weighted by atomic mass is 19.3. The van der Waals surface area contributed by atoms with Crippen molar-refractivity contribution in [3.8, 4) is 6.07 Å². The zero-order valence-corrected chi connectivity index (χ0v) is 8.74. The summed E-state index contributed by atoms with van der Waals surface area (Å²) in [6, 6.07) is 1.82. The molecule has 0 unspecified atom stereocenters. The summed E-state index contributed by atoms with van der Waals surface area (Å²) in [4.78, 5) is 0. The average molecular weight is 226 g/mol. The van der Waals surface area contributed by atoms with Crippen molar-refractivity contribution in [1.82, 2.24) is 15.0 Å². The molecule has 4 nitrogen and oxygen atoms in total. The third kappa shape index (κ3) is 2.35. The molecule has 1 fully saturated rings. The minimum atomic E-state index is -2.61. The van der Waals surface area contributed by atoms with Crippen LogP contribution in [0.25, 0.3) is 0 Å². The topological polar surface area (TPSA) is 54.5 Å². The predicted molar refractivity (Wildman–Crippen MR) is 51.6 cm³/mol. The summed E-state index contributed by atoms with van der Waals surface area (Å²) in [6.45, 7) is 0.475. The van der Waals surface area contributed by atoms with Crippen molar-refractivity contribution in [2.24, 2.45) is 5.92 Å². The van der Waals surface area contributed by atoms with Crippen LogP contribution in [-0.2, 0) is 13.0 Å². The fourth-order valence-electron chi connectivity index (χ4n) is 1.67. The van der Waals surface area contributed by atoms with Gasteiger partial charge in [-0.25, -0.2) is 13.5 Å². The van der Waals surface area contributed by atoms with Gasteiger partial charge in [0.25, 0.3) is 6.43 Å². The second-order valence-electron chi connectivity index (χ2n) is 4.01. The second-order valence-corrected chi connectivity index (χ2v) is 4.01. The van der Waals surface area contributed by atoms with E-state index in [4.69, 9.17) is 5.26 Å². The molecule has 1 saturated carbocycles. The fraction of sp³-hybridized carbons (Fsp3) is 0.700. The van der Waals surface area contributed by atoms with Crippen LogP contribution >= 0.6 is 0 Å². The third-order valence-electron chi connectivity index (χ3n) is 2.75. The zero-order valence-electron chi connectivity index (χ0n) is 8.74. The molecule has 1 aromatic heterocycles. The van der Waals surface area contributed by atoms with E-state index < -0.39 is 6.43 Å². The van der Waals surface area contributed by atoms with Crippen molar-refractivity contribution in [2.75, 3.05) is 0 Å². The van der Waals surface area contributed by atoms with Gasteiger partial charge >= 0.3 is 0 Å². The molecule has 86 valence electrons. The van der Waals surface area contributed by atoms with Crippen LogP contribution in [0.3, 0.4) is 0 Å². The Labute approximate surface area is 91.9 Å². The molecule has 16 heavy (non-hydrogen) atoms. The van der Waals surface area contributed by atoms with Gasteiger partial charge in [0.15, 0.2) is 0 Å². The van der Waals surface area contributed by atoms with Crippen molar-refractivity contribution in [2.45, 2.75) is 38.7 Å². The van der Waals surface area contributed by atoms with E-state index in [-0.39, 0.29) is 17.8 Å². The van der Waals surface area contributed by atoms with Gasteiger partial charge in [0, 0.05) is 6.54 Å². The SMILES string of the molecule is N#CCc1nnn(CCC2CC2)c1C(F)F. The number of halogens is 2. The van der Waals surface area contributed by atoms with Gasteiger partial charge < -0.3 is 0 Å². The number of nitrogens with zero attached hydrogens (tertiary/aromatic N) is 4. The fourth-order valence-corrected chi connectivity index (χ4v) is 1.67. The van der Waals surface area contributed by atoms with Gasteiger partial charge in [-0.3, -0.25) is 0 Å². The van der Waals surface area contributed by atoms with Crippen LogP contribution in [0.5, 0.6) is 0 Å². The lowest BCUT2D eigenvalue weighted by atomic mass is 10.2. The van der Waals surface area contributed by atoms with Gasteiger partial charge in [-0.1, -0.05) is 18.1 Å². The van der Waals surface area contributed by atoms with Gasteiger partial charge in [-0.15, -0.1) is 5.10 Å². The smallest absolute Gasteiger partial charge is 0.243 e. The first-order valence-electron chi connectivity index (χ1n) is 5.29. The molecular formula is C10H12F2N4. The van der Waals surface area contributed by atoms with Crippen molar-refractivity contribution < 1.29 is 8.78 Å². The molecule has 0 saturated heterocycles. The van der Waals surface area contributed by atoms with E-state index >= 15 is 0 Å². The number of hydrogen-bond acceptors (Lipinski definition) is 3. The number of alkyl halides is 2. The minimum Gasteiger partial charge on any atom is -0.243 e. The van der Waals surface area contributed by atoms with Crippen molar-refractivity contribution in [3.05, 3.63) is 11.4 Å². The maximum atomic E-state index is 12.8. The van der Waals surface area contributed by atoms with E-state index in [0.717, 1.165) is 6.42 Å². The molecule has 1 heterocycles. The zero-order chi connectivity index (χ0) is 11.5. The van der Waals surface area contributed by atoms with Crippen LogP contribution in [0.15, 0.2) is 0 Å². The van der Waals surface area contributed by atoms with E-state index in [1.54, 1.807) is 0 Å². The Balaban J connectivity index is 2.12. The molecule has 0 spiro atoms. The molecule has 2 rings (SSSR count). The van der Waals surface area contributed by atoms with E-state index in [0.29, 0.717) is 12.5 Å². The Morgan fingerprint density at radius 3 is 2.81 bits per heavy atom. The Bertz CT molecular complexity index is 403. The first-order valence-corrected chi connectivity index (χ1v) is 5.29. The van der Waals surface area contributed by atoms with E-state index in [1.807, 2.05) is 6.07 Å². The second kappa shape index (κ2) is 4.56. The normalized spacial score (nSPS) is 15.4. The number of aromatic nitrogens is 3. The Morgan fingerprint density at radius 1 is 1.50 bits per heavy atom. The van der Waals surface area contributed by atoms with Crippen LogP contribution in [0.1, 0.15) is 37.1 Å². The molecule has 1 aliphatic rings. The first-order chi connectivity index (χ1) is 7.72. The third-order valence-corrected chi connectivity index (χ3v) is 2.75. The number of nitriles is 1. The summed E-state index contributed by atoms with van der Waals surface area (Å²) in [5.74, 6) is 0.661. The van der Waals surface area contributed by atoms with Gasteiger partial charge in [0.1, 0.15) is 11.4 Å². The quantitative estimate of drug-likeness (QED) is 0.772. The van der Waals surface area contributed by atoms with E-state index in [1.165, 1.54) is 17.5 Å². The largest absolute Gasteiger partial charge is 0.281 e. The van der Waals surface area contributed by atoms with Crippen molar-refractivity contribution >= 4 is 0 Å². The summed E-state index contributed by atoms with van der Waals surface area (Å²) in [5, 5.41) is 15.8. The molecule has 0 amide bonds.